The monoisotopic (exact) mass is 329 g/mol. The van der Waals surface area contributed by atoms with Crippen molar-refractivity contribution in [1.82, 2.24) is 0 Å². The van der Waals surface area contributed by atoms with Crippen LogP contribution in [0.4, 0.5) is 5.69 Å². The van der Waals surface area contributed by atoms with Gasteiger partial charge in [0, 0.05) is 31.5 Å². The summed E-state index contributed by atoms with van der Waals surface area (Å²) in [6.45, 7) is 5.02. The molecule has 0 amide bonds. The first-order chi connectivity index (χ1) is 8.06. The molecule has 0 aliphatic carbocycles. The van der Waals surface area contributed by atoms with E-state index in [0.29, 0.717) is 0 Å². The zero-order valence-electron chi connectivity index (χ0n) is 9.68. The summed E-state index contributed by atoms with van der Waals surface area (Å²) < 4.78 is 1.19. The Morgan fingerprint density at radius 1 is 1.29 bits per heavy atom. The summed E-state index contributed by atoms with van der Waals surface area (Å²) in [4.78, 5) is 2.64. The average molecular weight is 331 g/mol. The third-order valence-electron chi connectivity index (χ3n) is 2.55. The molecule has 0 unspecified atom stereocenters. The number of anilines is 1. The minimum atomic E-state index is 0.780. The molecular weight excluding hydrogens is 318 g/mol. The molecule has 1 nitrogen and oxygen atoms in total. The van der Waals surface area contributed by atoms with Gasteiger partial charge in [0.15, 0.2) is 0 Å². The number of aryl methyl sites for hydroxylation is 2. The first kappa shape index (κ1) is 12.9. The van der Waals surface area contributed by atoms with Gasteiger partial charge in [0.1, 0.15) is 0 Å². The van der Waals surface area contributed by atoms with Crippen molar-refractivity contribution >= 4 is 44.6 Å². The SMILES string of the molecule is Cc1cc(Cl)ccc1NCc1cc(Br)c(C)s1. The van der Waals surface area contributed by atoms with Gasteiger partial charge in [0.2, 0.25) is 0 Å². The van der Waals surface area contributed by atoms with Gasteiger partial charge < -0.3 is 5.32 Å². The van der Waals surface area contributed by atoms with Gasteiger partial charge in [-0.15, -0.1) is 11.3 Å². The molecule has 0 saturated carbocycles. The molecule has 0 spiro atoms. The normalized spacial score (nSPS) is 10.6. The van der Waals surface area contributed by atoms with Crippen LogP contribution in [0.5, 0.6) is 0 Å². The molecule has 0 fully saturated rings. The summed E-state index contributed by atoms with van der Waals surface area (Å²) >= 11 is 11.3. The molecule has 90 valence electrons. The van der Waals surface area contributed by atoms with Crippen molar-refractivity contribution < 1.29 is 0 Å². The quantitative estimate of drug-likeness (QED) is 0.795. The number of thiophene rings is 1. The molecule has 1 aromatic heterocycles. The molecule has 0 aliphatic rings. The van der Waals surface area contributed by atoms with Crippen LogP contribution >= 0.6 is 38.9 Å². The Balaban J connectivity index is 2.07. The van der Waals surface area contributed by atoms with Crippen molar-refractivity contribution in [2.45, 2.75) is 20.4 Å². The molecule has 4 heteroatoms. The molecule has 0 aliphatic heterocycles. The highest BCUT2D eigenvalue weighted by molar-refractivity contribution is 9.10. The highest BCUT2D eigenvalue weighted by atomic mass is 79.9. The number of hydrogen-bond donors (Lipinski definition) is 1. The van der Waals surface area contributed by atoms with E-state index in [0.717, 1.165) is 17.3 Å². The van der Waals surface area contributed by atoms with Crippen molar-refractivity contribution in [1.29, 1.82) is 0 Å². The predicted octanol–water partition coefficient (Wildman–Crippen LogP) is 5.39. The van der Waals surface area contributed by atoms with Crippen molar-refractivity contribution in [3.63, 3.8) is 0 Å². The summed E-state index contributed by atoms with van der Waals surface area (Å²) in [6.07, 6.45) is 0. The van der Waals surface area contributed by atoms with Crippen LogP contribution in [0.25, 0.3) is 0 Å². The number of halogens is 2. The average Bonchev–Trinajstić information content (AvgIpc) is 2.57. The van der Waals surface area contributed by atoms with Crippen LogP contribution in [0, 0.1) is 13.8 Å². The molecule has 1 aromatic carbocycles. The second kappa shape index (κ2) is 5.42. The Bertz CT molecular complexity index is 517. The molecule has 2 aromatic rings. The third kappa shape index (κ3) is 3.24. The Hall–Kier alpha value is -0.510. The van der Waals surface area contributed by atoms with E-state index in [2.05, 4.69) is 41.2 Å². The van der Waals surface area contributed by atoms with Crippen LogP contribution in [-0.4, -0.2) is 0 Å². The molecule has 0 bridgehead atoms. The lowest BCUT2D eigenvalue weighted by atomic mass is 10.2. The summed E-state index contributed by atoms with van der Waals surface area (Å²) in [5.74, 6) is 0. The lowest BCUT2D eigenvalue weighted by Crippen LogP contribution is -1.98. The summed E-state index contributed by atoms with van der Waals surface area (Å²) in [5, 5.41) is 4.21. The highest BCUT2D eigenvalue weighted by Crippen LogP contribution is 2.27. The first-order valence-corrected chi connectivity index (χ1v) is 7.30. The van der Waals surface area contributed by atoms with E-state index in [4.69, 9.17) is 11.6 Å². The zero-order valence-corrected chi connectivity index (χ0v) is 12.8. The molecule has 0 saturated heterocycles. The number of nitrogens with one attached hydrogen (secondary N) is 1. The lowest BCUT2D eigenvalue weighted by molar-refractivity contribution is 1.18. The second-order valence-electron chi connectivity index (χ2n) is 3.93. The van der Waals surface area contributed by atoms with Crippen LogP contribution in [0.2, 0.25) is 5.02 Å². The summed E-state index contributed by atoms with van der Waals surface area (Å²) in [7, 11) is 0. The fourth-order valence-electron chi connectivity index (χ4n) is 1.61. The van der Waals surface area contributed by atoms with E-state index < -0.39 is 0 Å². The maximum atomic E-state index is 5.93. The molecule has 17 heavy (non-hydrogen) atoms. The van der Waals surface area contributed by atoms with E-state index >= 15 is 0 Å². The predicted molar refractivity (Wildman–Crippen MR) is 80.3 cm³/mol. The van der Waals surface area contributed by atoms with Gasteiger partial charge in [-0.3, -0.25) is 0 Å². The topological polar surface area (TPSA) is 12.0 Å². The van der Waals surface area contributed by atoms with Gasteiger partial charge in [-0.1, -0.05) is 11.6 Å². The van der Waals surface area contributed by atoms with E-state index in [1.54, 1.807) is 0 Å². The van der Waals surface area contributed by atoms with Crippen molar-refractivity contribution in [3.05, 3.63) is 49.1 Å². The minimum absolute atomic E-state index is 0.780. The largest absolute Gasteiger partial charge is 0.380 e. The summed E-state index contributed by atoms with van der Waals surface area (Å²) in [6, 6.07) is 8.07. The Kier molecular flexibility index (Phi) is 4.13. The maximum Gasteiger partial charge on any atom is 0.0494 e. The second-order valence-corrected chi connectivity index (χ2v) is 6.56. The Labute approximate surface area is 119 Å². The van der Waals surface area contributed by atoms with E-state index in [-0.39, 0.29) is 0 Å². The molecule has 0 atom stereocenters. The lowest BCUT2D eigenvalue weighted by Gasteiger charge is -2.08. The van der Waals surface area contributed by atoms with Gasteiger partial charge in [-0.05, 0) is 59.6 Å². The molecule has 0 radical (unpaired) electrons. The number of rotatable bonds is 3. The fourth-order valence-corrected chi connectivity index (χ4v) is 3.38. The van der Waals surface area contributed by atoms with Crippen LogP contribution in [0.3, 0.4) is 0 Å². The van der Waals surface area contributed by atoms with E-state index in [1.807, 2.05) is 29.5 Å². The van der Waals surface area contributed by atoms with Gasteiger partial charge in [0.05, 0.1) is 0 Å². The smallest absolute Gasteiger partial charge is 0.0494 e. The molecule has 1 heterocycles. The molecular formula is C13H13BrClNS. The van der Waals surface area contributed by atoms with Crippen LogP contribution in [-0.2, 0) is 6.54 Å². The highest BCUT2D eigenvalue weighted by Gasteiger charge is 2.03. The van der Waals surface area contributed by atoms with Crippen LogP contribution in [0.1, 0.15) is 15.3 Å². The van der Waals surface area contributed by atoms with Crippen molar-refractivity contribution in [2.24, 2.45) is 0 Å². The van der Waals surface area contributed by atoms with Crippen LogP contribution < -0.4 is 5.32 Å². The van der Waals surface area contributed by atoms with E-state index in [9.17, 15) is 0 Å². The van der Waals surface area contributed by atoms with Crippen LogP contribution in [0.15, 0.2) is 28.7 Å². The zero-order chi connectivity index (χ0) is 12.4. The Morgan fingerprint density at radius 3 is 2.65 bits per heavy atom. The first-order valence-electron chi connectivity index (χ1n) is 5.31. The third-order valence-corrected chi connectivity index (χ3v) is 4.92. The number of benzene rings is 1. The standard InChI is InChI=1S/C13H13BrClNS/c1-8-5-10(15)3-4-13(8)16-7-11-6-12(14)9(2)17-11/h3-6,16H,7H2,1-2H3. The van der Waals surface area contributed by atoms with Gasteiger partial charge >= 0.3 is 0 Å². The van der Waals surface area contributed by atoms with Crippen molar-refractivity contribution in [3.8, 4) is 0 Å². The maximum absolute atomic E-state index is 5.93. The van der Waals surface area contributed by atoms with E-state index in [1.165, 1.54) is 19.8 Å². The fraction of sp³-hybridized carbons (Fsp3) is 0.231. The van der Waals surface area contributed by atoms with Gasteiger partial charge in [-0.2, -0.15) is 0 Å². The Morgan fingerprint density at radius 2 is 2.06 bits per heavy atom. The molecule has 2 rings (SSSR count). The minimum Gasteiger partial charge on any atom is -0.380 e. The molecule has 1 N–H and O–H groups in total. The van der Waals surface area contributed by atoms with Crippen molar-refractivity contribution in [2.75, 3.05) is 5.32 Å². The summed E-state index contributed by atoms with van der Waals surface area (Å²) in [5.41, 5.74) is 2.31. The number of hydrogen-bond acceptors (Lipinski definition) is 2. The van der Waals surface area contributed by atoms with Gasteiger partial charge in [0.25, 0.3) is 0 Å². The van der Waals surface area contributed by atoms with Gasteiger partial charge in [-0.25, -0.2) is 0 Å².